The second-order valence-electron chi connectivity index (χ2n) is 11.8. The fraction of sp³-hybridized carbons (Fsp3) is 0. The lowest BCUT2D eigenvalue weighted by Gasteiger charge is -2.14. The van der Waals surface area contributed by atoms with Crippen molar-refractivity contribution in [3.05, 3.63) is 176 Å². The highest BCUT2D eigenvalue weighted by molar-refractivity contribution is 7.25. The van der Waals surface area contributed by atoms with Crippen LogP contribution in [0.15, 0.2) is 176 Å². The first-order valence-electron chi connectivity index (χ1n) is 22.6. The summed E-state index contributed by atoms with van der Waals surface area (Å²) >= 11 is 0.824. The lowest BCUT2D eigenvalue weighted by Crippen LogP contribution is -2.01. The van der Waals surface area contributed by atoms with Crippen LogP contribution < -0.4 is 0 Å². The molecule has 10 rings (SSSR count). The molecule has 8 aromatic carbocycles. The van der Waals surface area contributed by atoms with Crippen LogP contribution in [0.5, 0.6) is 0 Å². The van der Waals surface area contributed by atoms with Gasteiger partial charge in [0.1, 0.15) is 0 Å². The molecular weight excluding hydrogens is 639 g/mol. The predicted octanol–water partition coefficient (Wildman–Crippen LogP) is 12.9. The quantitative estimate of drug-likeness (QED) is 0.182. The molecule has 0 aliphatic carbocycles. The molecule has 2 heterocycles. The average molecular weight is 681 g/mol. The molecule has 0 saturated carbocycles. The number of nitrogens with zero attached hydrogens (tertiary/aromatic N) is 3. The summed E-state index contributed by atoms with van der Waals surface area (Å²) in [7, 11) is 0. The molecule has 0 saturated heterocycles. The highest BCUT2D eigenvalue weighted by Gasteiger charge is 2.18. The first-order valence-corrected chi connectivity index (χ1v) is 16.9. The van der Waals surface area contributed by atoms with E-state index in [1.807, 2.05) is 72.8 Å². The van der Waals surface area contributed by atoms with Gasteiger partial charge in [0, 0.05) is 36.9 Å². The maximum atomic E-state index is 9.65. The zero-order chi connectivity index (χ0) is 45.0. The van der Waals surface area contributed by atoms with Crippen molar-refractivity contribution >= 4 is 53.1 Å². The molecule has 0 aliphatic heterocycles. The molecule has 3 nitrogen and oxygen atoms in total. The number of hydrogen-bond acceptors (Lipinski definition) is 4. The van der Waals surface area contributed by atoms with Crippen LogP contribution in [0.3, 0.4) is 0 Å². The number of fused-ring (bicyclic) bond motifs is 5. The Balaban J connectivity index is 1.31. The van der Waals surface area contributed by atoms with E-state index in [0.29, 0.717) is 11.1 Å². The maximum absolute atomic E-state index is 9.65. The Hall–Kier alpha value is -6.49. The minimum absolute atomic E-state index is 0.0158. The molecule has 51 heavy (non-hydrogen) atoms. The molecule has 0 aliphatic rings. The van der Waals surface area contributed by atoms with Crippen LogP contribution in [0.25, 0.3) is 98.1 Å². The van der Waals surface area contributed by atoms with Crippen molar-refractivity contribution in [2.45, 2.75) is 0 Å². The summed E-state index contributed by atoms with van der Waals surface area (Å²) in [6.45, 7) is 0. The minimum atomic E-state index is -0.677. The van der Waals surface area contributed by atoms with Gasteiger partial charge in [-0.3, -0.25) is 0 Å². The highest BCUT2D eigenvalue weighted by Crippen LogP contribution is 2.40. The molecular formula is C47H29N3S. The van der Waals surface area contributed by atoms with Gasteiger partial charge in [-0.15, -0.1) is 11.3 Å². The van der Waals surface area contributed by atoms with E-state index in [-0.39, 0.29) is 71.2 Å². The van der Waals surface area contributed by atoms with Crippen LogP contribution in [-0.4, -0.2) is 15.0 Å². The third-order valence-electron chi connectivity index (χ3n) is 8.76. The Kier molecular flexibility index (Phi) is 4.53. The van der Waals surface area contributed by atoms with E-state index in [0.717, 1.165) is 33.2 Å². The SMILES string of the molecule is [2H]c1c([2H])c([2H])c2c(sc3c([2H])c(-c4c([2H])c([2H])c(-c5nc(-c6ccccc6)nc(-c6cccc7ccc(-c8ccccc8)cc67)n5)c5c([2H])c([2H])c([2H])c([2H])c45)c([2H])c([2H])c32)c1[2H]. The van der Waals surface area contributed by atoms with Gasteiger partial charge in [0.05, 0.1) is 17.8 Å². The molecule has 0 radical (unpaired) electrons. The molecule has 0 amide bonds. The van der Waals surface area contributed by atoms with E-state index in [1.54, 1.807) is 24.3 Å². The van der Waals surface area contributed by atoms with Crippen molar-refractivity contribution in [3.8, 4) is 56.4 Å². The van der Waals surface area contributed by atoms with Gasteiger partial charge in [-0.1, -0.05) is 151 Å². The predicted molar refractivity (Wildman–Crippen MR) is 215 cm³/mol. The fourth-order valence-electron chi connectivity index (χ4n) is 6.32. The van der Waals surface area contributed by atoms with Gasteiger partial charge in [0.25, 0.3) is 0 Å². The molecule has 0 spiro atoms. The molecule has 0 atom stereocenters. The van der Waals surface area contributed by atoms with Crippen LogP contribution in [0.4, 0.5) is 0 Å². The van der Waals surface area contributed by atoms with Crippen LogP contribution in [0, 0.1) is 0 Å². The summed E-state index contributed by atoms with van der Waals surface area (Å²) in [5.41, 5.74) is 2.18. The van der Waals surface area contributed by atoms with E-state index >= 15 is 0 Å². The van der Waals surface area contributed by atoms with Crippen molar-refractivity contribution in [2.24, 2.45) is 0 Å². The second kappa shape index (κ2) is 12.1. The first kappa shape index (κ1) is 19.0. The second-order valence-corrected chi connectivity index (χ2v) is 12.8. The molecule has 10 aromatic rings. The van der Waals surface area contributed by atoms with Crippen molar-refractivity contribution in [1.82, 2.24) is 15.0 Å². The van der Waals surface area contributed by atoms with Gasteiger partial charge in [-0.05, 0) is 68.0 Å². The Morgan fingerprint density at radius 3 is 1.84 bits per heavy atom. The Morgan fingerprint density at radius 1 is 0.392 bits per heavy atom. The van der Waals surface area contributed by atoms with Gasteiger partial charge < -0.3 is 0 Å². The third kappa shape index (κ3) is 5.16. The van der Waals surface area contributed by atoms with Crippen molar-refractivity contribution < 1.29 is 17.8 Å². The maximum Gasteiger partial charge on any atom is 0.164 e. The Morgan fingerprint density at radius 2 is 1.04 bits per heavy atom. The normalized spacial score (nSPS) is 15.1. The van der Waals surface area contributed by atoms with Crippen LogP contribution in [-0.2, 0) is 0 Å². The van der Waals surface area contributed by atoms with Crippen LogP contribution in [0.2, 0.25) is 0 Å². The van der Waals surface area contributed by atoms with Crippen molar-refractivity contribution in [2.75, 3.05) is 0 Å². The Labute approximate surface area is 317 Å². The highest BCUT2D eigenvalue weighted by atomic mass is 32.1. The fourth-order valence-corrected chi connectivity index (χ4v) is 7.29. The zero-order valence-corrected chi connectivity index (χ0v) is 27.3. The van der Waals surface area contributed by atoms with Crippen molar-refractivity contribution in [3.63, 3.8) is 0 Å². The van der Waals surface area contributed by atoms with Crippen LogP contribution in [0.1, 0.15) is 17.8 Å². The van der Waals surface area contributed by atoms with Crippen molar-refractivity contribution in [1.29, 1.82) is 0 Å². The minimum Gasteiger partial charge on any atom is -0.208 e. The third-order valence-corrected chi connectivity index (χ3v) is 9.78. The Bertz CT molecular complexity index is 3660. The molecule has 0 N–H and O–H groups in total. The smallest absolute Gasteiger partial charge is 0.164 e. The standard InChI is InChI=1S/C47H29N3S/c1-3-12-30(13-4-1)33-23-22-31-16-11-20-40(42(31)28-33)46-48-45(32-14-5-2-6-15-32)49-47(50-46)41-27-26-35(36-17-7-8-18-37(36)41)34-24-25-39-38-19-9-10-21-43(38)51-44(39)29-34/h1-29H/i7D,8D,9D,10D,17D,18D,19D,21D,24D,25D,26D,27D,29D. The van der Waals surface area contributed by atoms with Crippen LogP contribution >= 0.6 is 11.3 Å². The number of rotatable bonds is 5. The van der Waals surface area contributed by atoms with Gasteiger partial charge in [0.2, 0.25) is 0 Å². The monoisotopic (exact) mass is 680 g/mol. The number of aromatic nitrogens is 3. The summed E-state index contributed by atoms with van der Waals surface area (Å²) in [4.78, 5) is 14.7. The van der Waals surface area contributed by atoms with Gasteiger partial charge in [-0.2, -0.15) is 0 Å². The summed E-state index contributed by atoms with van der Waals surface area (Å²) in [5, 5.41) is 1.07. The van der Waals surface area contributed by atoms with E-state index in [1.165, 1.54) is 0 Å². The van der Waals surface area contributed by atoms with Gasteiger partial charge >= 0.3 is 0 Å². The topological polar surface area (TPSA) is 38.7 Å². The lowest BCUT2D eigenvalue weighted by atomic mass is 9.94. The summed E-state index contributed by atoms with van der Waals surface area (Å²) < 4.78 is 117. The summed E-state index contributed by atoms with van der Waals surface area (Å²) in [5.74, 6) is 0.210. The molecule has 0 unspecified atom stereocenters. The molecule has 0 fully saturated rings. The number of hydrogen-bond donors (Lipinski definition) is 0. The van der Waals surface area contributed by atoms with E-state index in [9.17, 15) is 9.60 Å². The van der Waals surface area contributed by atoms with E-state index in [2.05, 4.69) is 0 Å². The van der Waals surface area contributed by atoms with Gasteiger partial charge in [0.15, 0.2) is 17.5 Å². The first-order chi connectivity index (χ1) is 30.7. The number of benzene rings is 8. The molecule has 2 aromatic heterocycles. The summed E-state index contributed by atoms with van der Waals surface area (Å²) in [6.07, 6.45) is 0. The zero-order valence-electron chi connectivity index (χ0n) is 39.5. The molecule has 4 heteroatoms. The van der Waals surface area contributed by atoms with E-state index in [4.69, 9.17) is 23.2 Å². The molecule has 238 valence electrons. The lowest BCUT2D eigenvalue weighted by molar-refractivity contribution is 1.08. The van der Waals surface area contributed by atoms with E-state index < -0.39 is 72.5 Å². The van der Waals surface area contributed by atoms with Gasteiger partial charge in [-0.25, -0.2) is 15.0 Å². The number of thiophene rings is 1. The molecule has 0 bridgehead atoms. The largest absolute Gasteiger partial charge is 0.208 e. The average Bonchev–Trinajstić information content (AvgIpc) is 3.73. The summed E-state index contributed by atoms with van der Waals surface area (Å²) in [6, 6.07) is 23.4.